The Morgan fingerprint density at radius 1 is 0.957 bits per heavy atom. The average Bonchev–Trinajstić information content (AvgIpc) is 3.61. The number of aliphatic carboxylic acids is 2. The fourth-order valence-electron chi connectivity index (χ4n) is 5.36. The SMILES string of the molecule is Nc1nc(=O)n([C@H]2CC(O)[C@@H](COP(=O)(O)OP(=O)(O)OP(=O)(O)O)O2)cc1C#CCNC(=O)CCSSCC(NC(=O)N[C@H](C=O)CS)C(=O)NCCCCCC(=O)NC(CCC(=O)O)C(=O)O. The van der Waals surface area contributed by atoms with E-state index in [4.69, 9.17) is 25.4 Å². The number of nitrogens with zero attached hydrogens (tertiary/aromatic N) is 2. The minimum Gasteiger partial charge on any atom is -0.481 e. The molecule has 1 fully saturated rings. The molecule has 2 rings (SSSR count). The molecule has 1 aliphatic rings. The van der Waals surface area contributed by atoms with Gasteiger partial charge in [-0.3, -0.25) is 28.3 Å². The molecule has 5 amide bonds. The van der Waals surface area contributed by atoms with Crippen LogP contribution in [0.15, 0.2) is 11.0 Å². The zero-order valence-corrected chi connectivity index (χ0v) is 41.1. The number of aliphatic hydroxyl groups is 1. The number of nitrogens with one attached hydrogen (secondary N) is 5. The van der Waals surface area contributed by atoms with Crippen molar-refractivity contribution in [3.63, 3.8) is 0 Å². The van der Waals surface area contributed by atoms with E-state index in [2.05, 4.69) is 69.2 Å². The first-order valence-electron chi connectivity index (χ1n) is 19.9. The predicted molar refractivity (Wildman–Crippen MR) is 244 cm³/mol. The summed E-state index contributed by atoms with van der Waals surface area (Å²) in [6, 6.07) is -4.18. The molecule has 5 unspecified atom stereocenters. The molecule has 0 saturated carbocycles. The van der Waals surface area contributed by atoms with Gasteiger partial charge in [-0.05, 0) is 19.3 Å². The Kier molecular flexibility index (Phi) is 26.5. The molecular weight excluding hydrogens is 1050 g/mol. The maximum atomic E-state index is 13.0. The van der Waals surface area contributed by atoms with E-state index >= 15 is 0 Å². The highest BCUT2D eigenvalue weighted by Gasteiger charge is 2.43. The van der Waals surface area contributed by atoms with Gasteiger partial charge in [0.1, 0.15) is 36.5 Å². The van der Waals surface area contributed by atoms with Crippen LogP contribution in [0, 0.1) is 11.8 Å². The summed E-state index contributed by atoms with van der Waals surface area (Å²) in [5.41, 5.74) is 4.87. The topological polar surface area (TPSA) is 470 Å². The lowest BCUT2D eigenvalue weighted by Gasteiger charge is -2.19. The molecule has 388 valence electrons. The fourth-order valence-corrected chi connectivity index (χ4v) is 10.7. The highest BCUT2D eigenvalue weighted by Crippen LogP contribution is 2.66. The second-order valence-corrected chi connectivity index (χ2v) is 21.5. The van der Waals surface area contributed by atoms with Crippen molar-refractivity contribution < 1.29 is 100 Å². The largest absolute Gasteiger partial charge is 0.490 e. The first-order chi connectivity index (χ1) is 32.2. The van der Waals surface area contributed by atoms with E-state index in [-0.39, 0.29) is 67.4 Å². The van der Waals surface area contributed by atoms with E-state index in [1.807, 2.05) is 0 Å². The number of nitrogen functional groups attached to an aromatic ring is 1. The maximum absolute atomic E-state index is 13.0. The molecular formula is C33H51N8O22P3S3. The molecule has 30 nitrogen and oxygen atoms in total. The van der Waals surface area contributed by atoms with E-state index in [0.29, 0.717) is 25.5 Å². The van der Waals surface area contributed by atoms with Crippen LogP contribution in [0.2, 0.25) is 0 Å². The molecule has 69 heavy (non-hydrogen) atoms. The van der Waals surface area contributed by atoms with Gasteiger partial charge in [0.2, 0.25) is 17.7 Å². The molecule has 0 spiro atoms. The van der Waals surface area contributed by atoms with E-state index in [1.54, 1.807) is 0 Å². The zero-order valence-electron chi connectivity index (χ0n) is 35.8. The number of hydrogen-bond acceptors (Lipinski definition) is 21. The smallest absolute Gasteiger partial charge is 0.481 e. The van der Waals surface area contributed by atoms with Crippen LogP contribution in [0.1, 0.15) is 63.2 Å². The van der Waals surface area contributed by atoms with Crippen molar-refractivity contribution in [1.82, 2.24) is 36.1 Å². The Bertz CT molecular complexity index is 2250. The predicted octanol–water partition coefficient (Wildman–Crippen LogP) is -1.67. The number of aromatic nitrogens is 2. The van der Waals surface area contributed by atoms with E-state index in [1.165, 1.54) is 10.8 Å². The van der Waals surface area contributed by atoms with E-state index in [9.17, 15) is 72.1 Å². The van der Waals surface area contributed by atoms with E-state index < -0.39 is 114 Å². The number of anilines is 1. The molecule has 8 atom stereocenters. The van der Waals surface area contributed by atoms with Gasteiger partial charge in [-0.25, -0.2) is 28.1 Å². The number of carboxylic acid groups (broad SMARTS) is 2. The van der Waals surface area contributed by atoms with E-state index in [0.717, 1.165) is 21.6 Å². The second-order valence-electron chi connectivity index (χ2n) is 14.1. The highest BCUT2D eigenvalue weighted by atomic mass is 33.1. The molecule has 0 aliphatic carbocycles. The van der Waals surface area contributed by atoms with Crippen molar-refractivity contribution in [1.29, 1.82) is 0 Å². The van der Waals surface area contributed by atoms with Crippen molar-refractivity contribution in [3.05, 3.63) is 22.2 Å². The number of carbonyl (C=O) groups excluding carboxylic acids is 5. The summed E-state index contributed by atoms with van der Waals surface area (Å²) in [5.74, 6) is 1.08. The van der Waals surface area contributed by atoms with Crippen LogP contribution in [0.4, 0.5) is 10.6 Å². The number of unbranched alkanes of at least 4 members (excludes halogenated alkanes) is 2. The quantitative estimate of drug-likeness (QED) is 0.00987. The van der Waals surface area contributed by atoms with Crippen molar-refractivity contribution in [2.24, 2.45) is 0 Å². The molecule has 0 bridgehead atoms. The van der Waals surface area contributed by atoms with Gasteiger partial charge in [-0.15, -0.1) is 0 Å². The van der Waals surface area contributed by atoms with Gasteiger partial charge >= 0.3 is 47.1 Å². The highest BCUT2D eigenvalue weighted by molar-refractivity contribution is 8.76. The Hall–Kier alpha value is -4.09. The van der Waals surface area contributed by atoms with Crippen LogP contribution in [-0.4, -0.2) is 154 Å². The van der Waals surface area contributed by atoms with Crippen molar-refractivity contribution in [3.8, 4) is 11.8 Å². The number of rotatable bonds is 31. The Morgan fingerprint density at radius 3 is 2.30 bits per heavy atom. The summed E-state index contributed by atoms with van der Waals surface area (Å²) in [4.78, 5) is 136. The summed E-state index contributed by atoms with van der Waals surface area (Å²) >= 11 is 3.98. The first kappa shape index (κ1) is 61.0. The van der Waals surface area contributed by atoms with Crippen LogP contribution in [0.5, 0.6) is 0 Å². The first-order valence-corrected chi connectivity index (χ1v) is 27.5. The zero-order chi connectivity index (χ0) is 52.0. The number of urea groups is 1. The molecule has 1 saturated heterocycles. The van der Waals surface area contributed by atoms with Crippen LogP contribution < -0.4 is 38.0 Å². The van der Waals surface area contributed by atoms with Crippen LogP contribution in [0.25, 0.3) is 0 Å². The standard InChI is InChI=1S/C33H51N8O22P3S3/c34-29-19(14-41(33(52)40-29)27-13-23(43)24(61-27)16-60-65(56,57)63-66(58,59)62-64(53,54)55)5-4-11-35-25(44)9-12-68-69-18-22(39-32(51)37-20(15-42)17-67)30(48)36-10-3-1-2-6-26(45)38-21(31(49)50)7-8-28(46)47/h14-15,20-24,27,43,67H,1-3,6-13,16-18H2,(H,35,44)(H,36,48)(H,38,45)(H,46,47)(H,49,50)(H,56,57)(H,58,59)(H2,34,40,52)(H2,37,39,51)(H2,53,54,55)/t20-,21?,22?,23?,24-,27-/m1/s1. The monoisotopic (exact) mass is 1100 g/mol. The molecule has 14 N–H and O–H groups in total. The summed E-state index contributed by atoms with van der Waals surface area (Å²) < 4.78 is 52.5. The van der Waals surface area contributed by atoms with Gasteiger partial charge in [-0.2, -0.15) is 26.2 Å². The van der Waals surface area contributed by atoms with Crippen LogP contribution in [0.3, 0.4) is 0 Å². The van der Waals surface area contributed by atoms with Gasteiger partial charge < -0.3 is 76.7 Å². The molecule has 1 aromatic rings. The van der Waals surface area contributed by atoms with Crippen molar-refractivity contribution in [2.75, 3.05) is 42.7 Å². The van der Waals surface area contributed by atoms with Crippen molar-refractivity contribution >= 4 is 105 Å². The summed E-state index contributed by atoms with van der Waals surface area (Å²) in [6.07, 6.45) is -2.48. The number of carboxylic acids is 2. The number of ether oxygens (including phenoxy) is 1. The minimum atomic E-state index is -5.80. The lowest BCUT2D eigenvalue weighted by atomic mass is 10.1. The van der Waals surface area contributed by atoms with Crippen LogP contribution >= 0.6 is 57.7 Å². The molecule has 0 aromatic carbocycles. The number of aliphatic hydroxyl groups excluding tert-OH is 1. The fraction of sp³-hybridized carbons (Fsp3) is 0.606. The molecule has 1 aromatic heterocycles. The number of amides is 5. The number of nitrogens with two attached hydrogens (primary N) is 1. The number of phosphoric acid groups is 3. The van der Waals surface area contributed by atoms with Crippen LogP contribution in [-0.2, 0) is 60.3 Å². The summed E-state index contributed by atoms with van der Waals surface area (Å²) in [7, 11) is -14.6. The molecule has 0 radical (unpaired) electrons. The third-order valence-corrected chi connectivity index (χ3v) is 15.2. The average molecular weight is 1100 g/mol. The number of phosphoric ester groups is 1. The Morgan fingerprint density at radius 2 is 1.67 bits per heavy atom. The molecule has 2 heterocycles. The Labute approximate surface area is 405 Å². The van der Waals surface area contributed by atoms with Gasteiger partial charge in [0.25, 0.3) is 0 Å². The number of carbonyl (C=O) groups is 7. The Balaban J connectivity index is 1.86. The van der Waals surface area contributed by atoms with Crippen molar-refractivity contribution in [2.45, 2.75) is 87.9 Å². The van der Waals surface area contributed by atoms with Gasteiger partial charge in [0, 0.05) is 55.7 Å². The number of aldehydes is 1. The molecule has 36 heteroatoms. The summed E-state index contributed by atoms with van der Waals surface area (Å²) in [5, 5.41) is 40.7. The lowest BCUT2D eigenvalue weighted by Crippen LogP contribution is -2.53. The van der Waals surface area contributed by atoms with Gasteiger partial charge in [-0.1, -0.05) is 39.8 Å². The summed E-state index contributed by atoms with van der Waals surface area (Å²) in [6.45, 7) is -1.04. The number of hydrogen-bond donors (Lipinski definition) is 14. The molecule has 1 aliphatic heterocycles. The lowest BCUT2D eigenvalue weighted by molar-refractivity contribution is -0.143. The maximum Gasteiger partial charge on any atom is 0.490 e. The normalized spacial score (nSPS) is 18.7. The van der Waals surface area contributed by atoms with Gasteiger partial charge in [0.05, 0.1) is 30.9 Å². The van der Waals surface area contributed by atoms with Gasteiger partial charge in [0.15, 0.2) is 0 Å². The third kappa shape index (κ3) is 25.0. The minimum absolute atomic E-state index is 0.00302. The third-order valence-electron chi connectivity index (χ3n) is 8.60. The second kappa shape index (κ2) is 29.9. The number of thiol groups is 1.